The van der Waals surface area contributed by atoms with Crippen molar-refractivity contribution in [3.8, 4) is 0 Å². The van der Waals surface area contributed by atoms with E-state index >= 15 is 0 Å². The quantitative estimate of drug-likeness (QED) is 0.717. The fourth-order valence-corrected chi connectivity index (χ4v) is 1.61. The molecule has 0 aromatic heterocycles. The van der Waals surface area contributed by atoms with Crippen LogP contribution in [0, 0.1) is 11.6 Å². The van der Waals surface area contributed by atoms with Crippen LogP contribution in [0.5, 0.6) is 0 Å². The van der Waals surface area contributed by atoms with Crippen LogP contribution < -0.4 is 0 Å². The number of ether oxygens (including phenoxy) is 1. The summed E-state index contributed by atoms with van der Waals surface area (Å²) in [6.07, 6.45) is -13.7. The van der Waals surface area contributed by atoms with Crippen molar-refractivity contribution in [1.82, 2.24) is 0 Å². The average Bonchev–Trinajstić information content (AvgIpc) is 2.25. The molecule has 0 N–H and O–H groups in total. The summed E-state index contributed by atoms with van der Waals surface area (Å²) in [5.74, 6) is -2.59. The molecule has 120 valence electrons. The largest absolute Gasteiger partial charge is 0.426 e. The number of alkyl halides is 6. The van der Waals surface area contributed by atoms with Gasteiger partial charge < -0.3 is 4.74 Å². The Balaban J connectivity index is 3.23. The van der Waals surface area contributed by atoms with Crippen molar-refractivity contribution in [1.29, 1.82) is 0 Å². The third kappa shape index (κ3) is 3.28. The highest BCUT2D eigenvalue weighted by atomic mass is 19.4. The molecular formula is C12H10F8O. The van der Waals surface area contributed by atoms with E-state index in [-0.39, 0.29) is 6.92 Å². The van der Waals surface area contributed by atoms with E-state index in [1.54, 1.807) is 0 Å². The molecule has 0 heterocycles. The number of halogens is 8. The van der Waals surface area contributed by atoms with Gasteiger partial charge in [-0.2, -0.15) is 26.3 Å². The first-order valence-electron chi connectivity index (χ1n) is 5.56. The first-order chi connectivity index (χ1) is 9.31. The molecular weight excluding hydrogens is 312 g/mol. The third-order valence-corrected chi connectivity index (χ3v) is 2.90. The van der Waals surface area contributed by atoms with Crippen LogP contribution in [0.1, 0.15) is 25.5 Å². The van der Waals surface area contributed by atoms with Crippen molar-refractivity contribution in [3.63, 3.8) is 0 Å². The molecule has 0 bridgehead atoms. The topological polar surface area (TPSA) is 9.23 Å². The lowest BCUT2D eigenvalue weighted by atomic mass is 10.0. The fourth-order valence-electron chi connectivity index (χ4n) is 1.61. The Hall–Kier alpha value is -1.38. The number of rotatable bonds is 3. The number of benzene rings is 1. The summed E-state index contributed by atoms with van der Waals surface area (Å²) in [6.45, 7) is 0.472. The van der Waals surface area contributed by atoms with E-state index in [1.165, 1.54) is 0 Å². The fraction of sp³-hybridized carbons (Fsp3) is 0.500. The molecule has 0 aliphatic carbocycles. The summed E-state index contributed by atoms with van der Waals surface area (Å²) in [7, 11) is 0. The van der Waals surface area contributed by atoms with Crippen molar-refractivity contribution < 1.29 is 39.9 Å². The molecule has 0 saturated carbocycles. The molecule has 0 aliphatic heterocycles. The van der Waals surface area contributed by atoms with Crippen LogP contribution in [-0.2, 0) is 4.74 Å². The second kappa shape index (κ2) is 5.43. The van der Waals surface area contributed by atoms with E-state index in [4.69, 9.17) is 0 Å². The Morgan fingerprint density at radius 1 is 0.905 bits per heavy atom. The van der Waals surface area contributed by atoms with Gasteiger partial charge in [0.15, 0.2) is 0 Å². The molecule has 1 unspecified atom stereocenters. The molecule has 1 atom stereocenters. The van der Waals surface area contributed by atoms with Crippen LogP contribution >= 0.6 is 0 Å². The van der Waals surface area contributed by atoms with Gasteiger partial charge in [0.25, 0.3) is 5.60 Å². The highest BCUT2D eigenvalue weighted by Gasteiger charge is 2.69. The molecule has 0 spiro atoms. The minimum atomic E-state index is -5.80. The molecule has 1 aromatic carbocycles. The lowest BCUT2D eigenvalue weighted by Gasteiger charge is -2.36. The summed E-state index contributed by atoms with van der Waals surface area (Å²) in [4.78, 5) is 0. The van der Waals surface area contributed by atoms with Crippen molar-refractivity contribution in [2.24, 2.45) is 0 Å². The van der Waals surface area contributed by atoms with Gasteiger partial charge in [-0.3, -0.25) is 0 Å². The zero-order valence-electron chi connectivity index (χ0n) is 10.7. The summed E-state index contributed by atoms with van der Waals surface area (Å²) >= 11 is 0. The Bertz CT molecular complexity index is 471. The minimum Gasteiger partial charge on any atom is -0.350 e. The standard InChI is InChI=1S/C12H10F8O/c1-6(9-7(13)4-3-5-8(9)14)21-10(2,11(15,16)17)12(18,19)20/h3-6H,1-2H3. The van der Waals surface area contributed by atoms with E-state index < -0.39 is 41.3 Å². The summed E-state index contributed by atoms with van der Waals surface area (Å²) in [6, 6.07) is 2.33. The monoisotopic (exact) mass is 322 g/mol. The Labute approximate surface area is 114 Å². The van der Waals surface area contributed by atoms with Gasteiger partial charge in [0.05, 0.1) is 11.7 Å². The van der Waals surface area contributed by atoms with Gasteiger partial charge in [0, 0.05) is 0 Å². The van der Waals surface area contributed by atoms with Crippen LogP contribution in [0.15, 0.2) is 18.2 Å². The van der Waals surface area contributed by atoms with E-state index in [0.717, 1.165) is 6.07 Å². The molecule has 0 aliphatic rings. The molecule has 0 radical (unpaired) electrons. The molecule has 0 fully saturated rings. The molecule has 0 saturated heterocycles. The normalized spacial score (nSPS) is 15.1. The smallest absolute Gasteiger partial charge is 0.350 e. The zero-order chi connectivity index (χ0) is 16.6. The van der Waals surface area contributed by atoms with Crippen molar-refractivity contribution in [2.45, 2.75) is 37.9 Å². The molecule has 1 nitrogen and oxygen atoms in total. The van der Waals surface area contributed by atoms with E-state index in [2.05, 4.69) is 4.74 Å². The second-order valence-corrected chi connectivity index (χ2v) is 4.42. The predicted octanol–water partition coefficient (Wildman–Crippen LogP) is 4.93. The maximum absolute atomic E-state index is 13.4. The van der Waals surface area contributed by atoms with Gasteiger partial charge in [-0.1, -0.05) is 6.07 Å². The SMILES string of the molecule is CC(OC(C)(C(F)(F)F)C(F)(F)F)c1c(F)cccc1F. The lowest BCUT2D eigenvalue weighted by molar-refractivity contribution is -0.383. The maximum Gasteiger partial charge on any atom is 0.426 e. The Kier molecular flexibility index (Phi) is 4.57. The van der Waals surface area contributed by atoms with Gasteiger partial charge in [-0.25, -0.2) is 8.78 Å². The van der Waals surface area contributed by atoms with Crippen LogP contribution in [0.4, 0.5) is 35.1 Å². The zero-order valence-corrected chi connectivity index (χ0v) is 10.7. The van der Waals surface area contributed by atoms with Crippen LogP contribution in [0.3, 0.4) is 0 Å². The first-order valence-corrected chi connectivity index (χ1v) is 5.56. The third-order valence-electron chi connectivity index (χ3n) is 2.90. The van der Waals surface area contributed by atoms with Crippen LogP contribution in [-0.4, -0.2) is 18.0 Å². The number of hydrogen-bond acceptors (Lipinski definition) is 1. The van der Waals surface area contributed by atoms with Crippen molar-refractivity contribution in [3.05, 3.63) is 35.4 Å². The Morgan fingerprint density at radius 2 is 1.29 bits per heavy atom. The van der Waals surface area contributed by atoms with Gasteiger partial charge in [-0.05, 0) is 26.0 Å². The first kappa shape index (κ1) is 17.7. The maximum atomic E-state index is 13.4. The van der Waals surface area contributed by atoms with Crippen molar-refractivity contribution in [2.75, 3.05) is 0 Å². The van der Waals surface area contributed by atoms with Gasteiger partial charge >= 0.3 is 12.4 Å². The molecule has 9 heteroatoms. The van der Waals surface area contributed by atoms with Gasteiger partial charge in [0.2, 0.25) is 0 Å². The molecule has 1 aromatic rings. The molecule has 1 rings (SSSR count). The van der Waals surface area contributed by atoms with E-state index in [0.29, 0.717) is 19.1 Å². The Morgan fingerprint density at radius 3 is 1.62 bits per heavy atom. The van der Waals surface area contributed by atoms with Gasteiger partial charge in [-0.15, -0.1) is 0 Å². The summed E-state index contributed by atoms with van der Waals surface area (Å²) in [5, 5.41) is 0. The average molecular weight is 322 g/mol. The summed E-state index contributed by atoms with van der Waals surface area (Å²) in [5.41, 5.74) is -5.55. The minimum absolute atomic E-state index is 0.234. The second-order valence-electron chi connectivity index (χ2n) is 4.42. The number of hydrogen-bond donors (Lipinski definition) is 0. The highest BCUT2D eigenvalue weighted by Crippen LogP contribution is 2.48. The molecule has 21 heavy (non-hydrogen) atoms. The highest BCUT2D eigenvalue weighted by molar-refractivity contribution is 5.22. The predicted molar refractivity (Wildman–Crippen MR) is 56.4 cm³/mol. The van der Waals surface area contributed by atoms with Gasteiger partial charge in [0.1, 0.15) is 11.6 Å². The van der Waals surface area contributed by atoms with Crippen LogP contribution in [0.2, 0.25) is 0 Å². The van der Waals surface area contributed by atoms with E-state index in [9.17, 15) is 35.1 Å². The van der Waals surface area contributed by atoms with Crippen molar-refractivity contribution >= 4 is 0 Å². The van der Waals surface area contributed by atoms with Crippen LogP contribution in [0.25, 0.3) is 0 Å². The molecule has 0 amide bonds. The lowest BCUT2D eigenvalue weighted by Crippen LogP contribution is -2.56. The van der Waals surface area contributed by atoms with E-state index in [1.807, 2.05) is 0 Å². The summed E-state index contributed by atoms with van der Waals surface area (Å²) < 4.78 is 107.